The molecular weight excluding hydrogens is 242 g/mol. The highest BCUT2D eigenvalue weighted by molar-refractivity contribution is 6.03. The van der Waals surface area contributed by atoms with Gasteiger partial charge < -0.3 is 9.67 Å². The number of nitrogens with one attached hydrogen (secondary N) is 1. The molecule has 2 aromatic heterocycles. The summed E-state index contributed by atoms with van der Waals surface area (Å²) in [5.74, 6) is -0.977. The first-order valence-corrected chi connectivity index (χ1v) is 5.91. The van der Waals surface area contributed by atoms with Crippen LogP contribution in [-0.2, 0) is 7.05 Å². The summed E-state index contributed by atoms with van der Waals surface area (Å²) in [6.07, 6.45) is 3.27. The molecule has 2 N–H and O–H groups in total. The fourth-order valence-electron chi connectivity index (χ4n) is 2.47. The lowest BCUT2D eigenvalue weighted by Crippen LogP contribution is -1.96. The lowest BCUT2D eigenvalue weighted by atomic mass is 10.0. The zero-order valence-electron chi connectivity index (χ0n) is 10.6. The molecule has 0 radical (unpaired) electrons. The van der Waals surface area contributed by atoms with Crippen molar-refractivity contribution in [1.82, 2.24) is 14.8 Å². The van der Waals surface area contributed by atoms with Gasteiger partial charge in [0, 0.05) is 29.7 Å². The number of hydrogen-bond donors (Lipinski definition) is 2. The molecule has 0 atom stereocenters. The van der Waals surface area contributed by atoms with Crippen molar-refractivity contribution in [3.8, 4) is 11.3 Å². The molecule has 0 aliphatic rings. The number of carboxylic acid groups (broad SMARTS) is 1. The molecule has 5 nitrogen and oxygen atoms in total. The Labute approximate surface area is 109 Å². The second-order valence-electron chi connectivity index (χ2n) is 4.59. The van der Waals surface area contributed by atoms with E-state index in [2.05, 4.69) is 10.2 Å². The standard InChI is InChI=1S/C14H13N3O2/c1-8-4-3-5-11-12(8)10(7-17(11)2)13-9(14(18)19)6-15-16-13/h3-7H,1-2H3,(H,15,16)(H,18,19). The predicted octanol–water partition coefficient (Wildman–Crippen LogP) is 2.58. The van der Waals surface area contributed by atoms with Crippen LogP contribution in [-0.4, -0.2) is 25.8 Å². The van der Waals surface area contributed by atoms with Crippen molar-refractivity contribution in [3.63, 3.8) is 0 Å². The van der Waals surface area contributed by atoms with E-state index in [4.69, 9.17) is 0 Å². The number of benzene rings is 1. The van der Waals surface area contributed by atoms with Gasteiger partial charge in [0.15, 0.2) is 0 Å². The fourth-order valence-corrected chi connectivity index (χ4v) is 2.47. The van der Waals surface area contributed by atoms with Crippen LogP contribution < -0.4 is 0 Å². The number of carbonyl (C=O) groups is 1. The Morgan fingerprint density at radius 3 is 2.95 bits per heavy atom. The van der Waals surface area contributed by atoms with Crippen molar-refractivity contribution in [2.75, 3.05) is 0 Å². The molecule has 0 amide bonds. The van der Waals surface area contributed by atoms with Gasteiger partial charge in [0.25, 0.3) is 0 Å². The Kier molecular flexibility index (Phi) is 2.41. The van der Waals surface area contributed by atoms with Crippen LogP contribution in [0.25, 0.3) is 22.2 Å². The average Bonchev–Trinajstić information content (AvgIpc) is 2.95. The topological polar surface area (TPSA) is 70.9 Å². The van der Waals surface area contributed by atoms with Gasteiger partial charge in [-0.05, 0) is 18.6 Å². The number of aromatic amines is 1. The largest absolute Gasteiger partial charge is 0.478 e. The van der Waals surface area contributed by atoms with Crippen LogP contribution in [0.1, 0.15) is 15.9 Å². The molecular formula is C14H13N3O2. The number of fused-ring (bicyclic) bond motifs is 1. The predicted molar refractivity (Wildman–Crippen MR) is 72.2 cm³/mol. The quantitative estimate of drug-likeness (QED) is 0.739. The first kappa shape index (κ1) is 11.5. The van der Waals surface area contributed by atoms with Crippen LogP contribution in [0.15, 0.2) is 30.6 Å². The Bertz CT molecular complexity index is 783. The van der Waals surface area contributed by atoms with Crippen LogP contribution in [0.4, 0.5) is 0 Å². The maximum absolute atomic E-state index is 11.2. The number of rotatable bonds is 2. The van der Waals surface area contributed by atoms with Crippen LogP contribution >= 0.6 is 0 Å². The molecule has 0 fully saturated rings. The molecule has 5 heteroatoms. The summed E-state index contributed by atoms with van der Waals surface area (Å²) in [6.45, 7) is 2.02. The van der Waals surface area contributed by atoms with E-state index in [1.165, 1.54) is 6.20 Å². The number of aromatic carboxylic acids is 1. The Balaban J connectivity index is 2.37. The third-order valence-electron chi connectivity index (χ3n) is 3.36. The molecule has 0 unspecified atom stereocenters. The van der Waals surface area contributed by atoms with Crippen LogP contribution in [0.5, 0.6) is 0 Å². The fraction of sp³-hybridized carbons (Fsp3) is 0.143. The van der Waals surface area contributed by atoms with E-state index < -0.39 is 5.97 Å². The summed E-state index contributed by atoms with van der Waals surface area (Å²) in [5.41, 5.74) is 3.79. The first-order valence-electron chi connectivity index (χ1n) is 5.91. The van der Waals surface area contributed by atoms with Gasteiger partial charge in [-0.2, -0.15) is 5.10 Å². The van der Waals surface area contributed by atoms with Gasteiger partial charge in [0.2, 0.25) is 0 Å². The van der Waals surface area contributed by atoms with Crippen molar-refractivity contribution < 1.29 is 9.90 Å². The van der Waals surface area contributed by atoms with Gasteiger partial charge in [-0.25, -0.2) is 4.79 Å². The second kappa shape index (κ2) is 3.98. The number of hydrogen-bond acceptors (Lipinski definition) is 2. The highest BCUT2D eigenvalue weighted by Crippen LogP contribution is 2.33. The van der Waals surface area contributed by atoms with E-state index in [0.29, 0.717) is 5.69 Å². The molecule has 0 aliphatic heterocycles. The summed E-state index contributed by atoms with van der Waals surface area (Å²) in [5, 5.41) is 16.9. The van der Waals surface area contributed by atoms with Crippen molar-refractivity contribution in [2.24, 2.45) is 7.05 Å². The molecule has 0 aliphatic carbocycles. The molecule has 0 bridgehead atoms. The summed E-state index contributed by atoms with van der Waals surface area (Å²) >= 11 is 0. The van der Waals surface area contributed by atoms with Crippen molar-refractivity contribution in [2.45, 2.75) is 6.92 Å². The molecule has 3 aromatic rings. The zero-order chi connectivity index (χ0) is 13.6. The normalized spacial score (nSPS) is 11.1. The molecule has 96 valence electrons. The molecule has 0 spiro atoms. The minimum absolute atomic E-state index is 0.191. The summed E-state index contributed by atoms with van der Waals surface area (Å²) < 4.78 is 1.99. The Hall–Kier alpha value is -2.56. The van der Waals surface area contributed by atoms with E-state index in [9.17, 15) is 9.90 Å². The van der Waals surface area contributed by atoms with Gasteiger partial charge in [-0.3, -0.25) is 5.10 Å². The minimum Gasteiger partial charge on any atom is -0.478 e. The minimum atomic E-state index is -0.977. The van der Waals surface area contributed by atoms with Crippen molar-refractivity contribution >= 4 is 16.9 Å². The lowest BCUT2D eigenvalue weighted by molar-refractivity contribution is 0.0698. The van der Waals surface area contributed by atoms with E-state index >= 15 is 0 Å². The maximum Gasteiger partial charge on any atom is 0.339 e. The number of carboxylic acids is 1. The number of aryl methyl sites for hydroxylation is 2. The maximum atomic E-state index is 11.2. The van der Waals surface area contributed by atoms with Crippen LogP contribution in [0.3, 0.4) is 0 Å². The third-order valence-corrected chi connectivity index (χ3v) is 3.36. The van der Waals surface area contributed by atoms with E-state index in [-0.39, 0.29) is 5.56 Å². The highest BCUT2D eigenvalue weighted by atomic mass is 16.4. The van der Waals surface area contributed by atoms with Crippen LogP contribution in [0, 0.1) is 6.92 Å². The lowest BCUT2D eigenvalue weighted by Gasteiger charge is -2.01. The number of H-pyrrole nitrogens is 1. The third kappa shape index (κ3) is 1.62. The van der Waals surface area contributed by atoms with Gasteiger partial charge in [-0.1, -0.05) is 12.1 Å². The molecule has 0 saturated heterocycles. The summed E-state index contributed by atoms with van der Waals surface area (Å²) in [4.78, 5) is 11.2. The van der Waals surface area contributed by atoms with E-state index in [0.717, 1.165) is 22.0 Å². The SMILES string of the molecule is Cc1cccc2c1c(-c1[nH]ncc1C(=O)O)cn2C. The average molecular weight is 255 g/mol. The van der Waals surface area contributed by atoms with E-state index in [1.54, 1.807) is 0 Å². The summed E-state index contributed by atoms with van der Waals surface area (Å²) in [6, 6.07) is 6.03. The first-order chi connectivity index (χ1) is 9.09. The Morgan fingerprint density at radius 2 is 2.21 bits per heavy atom. The van der Waals surface area contributed by atoms with Gasteiger partial charge >= 0.3 is 5.97 Å². The second-order valence-corrected chi connectivity index (χ2v) is 4.59. The molecule has 1 aromatic carbocycles. The summed E-state index contributed by atoms with van der Waals surface area (Å²) in [7, 11) is 1.95. The van der Waals surface area contributed by atoms with Crippen molar-refractivity contribution in [3.05, 3.63) is 41.7 Å². The molecule has 0 saturated carbocycles. The molecule has 19 heavy (non-hydrogen) atoms. The monoisotopic (exact) mass is 255 g/mol. The van der Waals surface area contributed by atoms with Gasteiger partial charge in [-0.15, -0.1) is 0 Å². The zero-order valence-corrected chi connectivity index (χ0v) is 10.6. The van der Waals surface area contributed by atoms with Gasteiger partial charge in [0.1, 0.15) is 5.56 Å². The van der Waals surface area contributed by atoms with Crippen LogP contribution in [0.2, 0.25) is 0 Å². The molecule has 3 rings (SSSR count). The highest BCUT2D eigenvalue weighted by Gasteiger charge is 2.18. The Morgan fingerprint density at radius 1 is 1.42 bits per heavy atom. The van der Waals surface area contributed by atoms with Gasteiger partial charge in [0.05, 0.1) is 11.9 Å². The van der Waals surface area contributed by atoms with E-state index in [1.807, 2.05) is 42.9 Å². The molecule has 2 heterocycles. The number of aromatic nitrogens is 3. The van der Waals surface area contributed by atoms with Crippen molar-refractivity contribution in [1.29, 1.82) is 0 Å². The smallest absolute Gasteiger partial charge is 0.339 e. The number of nitrogens with zero attached hydrogens (tertiary/aromatic N) is 2.